The Balaban J connectivity index is 2.00. The number of phenols is 1. The molecule has 0 atom stereocenters. The molecule has 1 heterocycles. The minimum atomic E-state index is -0.796. The topological polar surface area (TPSA) is 63.6 Å². The maximum atomic E-state index is 11.7. The Morgan fingerprint density at radius 1 is 1.20 bits per heavy atom. The van der Waals surface area contributed by atoms with Gasteiger partial charge in [0.25, 0.3) is 0 Å². The fourth-order valence-electron chi connectivity index (χ4n) is 1.42. The summed E-state index contributed by atoms with van der Waals surface area (Å²) < 4.78 is 5.33. The van der Waals surface area contributed by atoms with Crippen LogP contribution in [-0.2, 0) is 4.74 Å². The van der Waals surface area contributed by atoms with E-state index in [1.807, 2.05) is 0 Å². The molecule has 104 valence electrons. The summed E-state index contributed by atoms with van der Waals surface area (Å²) in [4.78, 5) is 23.8. The van der Waals surface area contributed by atoms with Crippen molar-refractivity contribution in [2.24, 2.45) is 0 Å². The summed E-state index contributed by atoms with van der Waals surface area (Å²) in [5.74, 6) is -1.45. The second kappa shape index (κ2) is 6.26. The summed E-state index contributed by atoms with van der Waals surface area (Å²) in [5, 5.41) is 9.86. The summed E-state index contributed by atoms with van der Waals surface area (Å²) >= 11 is 12.5. The van der Waals surface area contributed by atoms with Crippen LogP contribution >= 0.6 is 34.5 Å². The number of rotatable bonds is 4. The van der Waals surface area contributed by atoms with Crippen LogP contribution in [0.1, 0.15) is 20.0 Å². The van der Waals surface area contributed by atoms with Gasteiger partial charge in [-0.3, -0.25) is 4.79 Å². The van der Waals surface area contributed by atoms with Crippen LogP contribution in [0.25, 0.3) is 0 Å². The highest BCUT2D eigenvalue weighted by atomic mass is 35.5. The fourth-order valence-corrected chi connectivity index (χ4v) is 2.56. The highest BCUT2D eigenvalue weighted by molar-refractivity contribution is 7.18. The Morgan fingerprint density at radius 3 is 2.55 bits per heavy atom. The molecule has 0 aliphatic carbocycles. The zero-order valence-electron chi connectivity index (χ0n) is 9.93. The van der Waals surface area contributed by atoms with Crippen LogP contribution in [0.15, 0.2) is 30.3 Å². The average molecular weight is 331 g/mol. The molecule has 0 radical (unpaired) electrons. The van der Waals surface area contributed by atoms with Crippen molar-refractivity contribution >= 4 is 46.3 Å². The number of hydrogen-bond acceptors (Lipinski definition) is 5. The maximum absolute atomic E-state index is 11.7. The van der Waals surface area contributed by atoms with E-state index in [1.54, 1.807) is 12.1 Å². The van der Waals surface area contributed by atoms with E-state index in [4.69, 9.17) is 27.9 Å². The molecule has 2 rings (SSSR count). The number of esters is 1. The zero-order chi connectivity index (χ0) is 14.7. The van der Waals surface area contributed by atoms with Gasteiger partial charge in [-0.05, 0) is 30.3 Å². The lowest BCUT2D eigenvalue weighted by molar-refractivity contribution is 0.0473. The van der Waals surface area contributed by atoms with Gasteiger partial charge in [0.2, 0.25) is 5.78 Å². The van der Waals surface area contributed by atoms with E-state index in [0.717, 1.165) is 11.3 Å². The van der Waals surface area contributed by atoms with Gasteiger partial charge in [0.05, 0.1) is 9.21 Å². The molecule has 0 spiro atoms. The van der Waals surface area contributed by atoms with Crippen LogP contribution in [0.3, 0.4) is 0 Å². The molecular formula is C13H8Cl2O4S. The molecular weight excluding hydrogens is 323 g/mol. The van der Waals surface area contributed by atoms with E-state index in [9.17, 15) is 14.7 Å². The van der Waals surface area contributed by atoms with Crippen molar-refractivity contribution in [3.63, 3.8) is 0 Å². The van der Waals surface area contributed by atoms with Crippen LogP contribution in [0.2, 0.25) is 9.36 Å². The molecule has 1 N–H and O–H groups in total. The molecule has 0 amide bonds. The van der Waals surface area contributed by atoms with Crippen molar-refractivity contribution in [2.75, 3.05) is 6.61 Å². The van der Waals surface area contributed by atoms with E-state index in [0.29, 0.717) is 14.2 Å². The number of ether oxygens (including phenoxy) is 1. The molecule has 4 nitrogen and oxygen atoms in total. The van der Waals surface area contributed by atoms with Crippen molar-refractivity contribution < 1.29 is 19.4 Å². The van der Waals surface area contributed by atoms with Gasteiger partial charge in [-0.25, -0.2) is 4.79 Å². The van der Waals surface area contributed by atoms with Crippen molar-refractivity contribution in [2.45, 2.75) is 0 Å². The van der Waals surface area contributed by atoms with E-state index in [2.05, 4.69) is 0 Å². The lowest BCUT2D eigenvalue weighted by atomic mass is 10.2. The molecule has 1 aromatic carbocycles. The quantitative estimate of drug-likeness (QED) is 0.684. The SMILES string of the molecule is O=C(COC(=O)c1ccc(Cl)cc1O)c1ccc(Cl)s1. The lowest BCUT2D eigenvalue weighted by Gasteiger charge is -2.05. The summed E-state index contributed by atoms with van der Waals surface area (Å²) in [6.07, 6.45) is 0. The number of Topliss-reactive ketones (excluding diaryl/α,β-unsaturated/α-hetero) is 1. The normalized spacial score (nSPS) is 10.3. The molecule has 0 saturated carbocycles. The first-order chi connectivity index (χ1) is 9.47. The number of aromatic hydroxyl groups is 1. The minimum absolute atomic E-state index is 0.0496. The van der Waals surface area contributed by atoms with Crippen LogP contribution in [0.5, 0.6) is 5.75 Å². The van der Waals surface area contributed by atoms with Crippen molar-refractivity contribution in [1.82, 2.24) is 0 Å². The number of carbonyl (C=O) groups excluding carboxylic acids is 2. The van der Waals surface area contributed by atoms with Crippen LogP contribution in [0, 0.1) is 0 Å². The number of hydrogen-bond donors (Lipinski definition) is 1. The molecule has 2 aromatic rings. The summed E-state index contributed by atoms with van der Waals surface area (Å²) in [6, 6.07) is 7.14. The fraction of sp³-hybridized carbons (Fsp3) is 0.0769. The highest BCUT2D eigenvalue weighted by Gasteiger charge is 2.16. The highest BCUT2D eigenvalue weighted by Crippen LogP contribution is 2.24. The summed E-state index contributed by atoms with van der Waals surface area (Å²) in [6.45, 7) is -0.419. The molecule has 0 unspecified atom stereocenters. The Hall–Kier alpha value is -1.56. The van der Waals surface area contributed by atoms with E-state index in [-0.39, 0.29) is 17.1 Å². The molecule has 7 heteroatoms. The first-order valence-electron chi connectivity index (χ1n) is 5.41. The third-order valence-corrected chi connectivity index (χ3v) is 3.87. The monoisotopic (exact) mass is 330 g/mol. The third kappa shape index (κ3) is 3.50. The van der Waals surface area contributed by atoms with E-state index < -0.39 is 12.6 Å². The predicted octanol–water partition coefficient (Wildman–Crippen LogP) is 3.80. The number of phenolic OH excluding ortho intramolecular Hbond substituents is 1. The van der Waals surface area contributed by atoms with Crippen molar-refractivity contribution in [3.05, 3.63) is 50.1 Å². The van der Waals surface area contributed by atoms with Crippen LogP contribution in [0.4, 0.5) is 0 Å². The van der Waals surface area contributed by atoms with Gasteiger partial charge in [0, 0.05) is 5.02 Å². The van der Waals surface area contributed by atoms with E-state index in [1.165, 1.54) is 18.2 Å². The molecule has 1 aromatic heterocycles. The number of thiophene rings is 1. The summed E-state index contributed by atoms with van der Waals surface area (Å²) in [5.41, 5.74) is -0.0496. The third-order valence-electron chi connectivity index (χ3n) is 2.36. The smallest absolute Gasteiger partial charge is 0.342 e. The number of halogens is 2. The van der Waals surface area contributed by atoms with Gasteiger partial charge in [0.1, 0.15) is 11.3 Å². The minimum Gasteiger partial charge on any atom is -0.507 e. The number of carbonyl (C=O) groups is 2. The molecule has 0 aliphatic rings. The van der Waals surface area contributed by atoms with E-state index >= 15 is 0 Å². The van der Waals surface area contributed by atoms with Crippen molar-refractivity contribution in [3.8, 4) is 5.75 Å². The number of benzene rings is 1. The molecule has 0 aliphatic heterocycles. The standard InChI is InChI=1S/C13H8Cl2O4S/c14-7-1-2-8(9(16)5-7)13(18)19-6-10(17)11-3-4-12(15)20-11/h1-5,16H,6H2. The Kier molecular flexibility index (Phi) is 4.65. The first-order valence-corrected chi connectivity index (χ1v) is 6.99. The number of ketones is 1. The van der Waals surface area contributed by atoms with Gasteiger partial charge in [-0.2, -0.15) is 0 Å². The second-order valence-corrected chi connectivity index (χ2v) is 5.92. The van der Waals surface area contributed by atoms with Gasteiger partial charge < -0.3 is 9.84 Å². The Bertz CT molecular complexity index is 666. The van der Waals surface area contributed by atoms with Crippen LogP contribution in [-0.4, -0.2) is 23.5 Å². The Labute approximate surface area is 128 Å². The lowest BCUT2D eigenvalue weighted by Crippen LogP contribution is -2.13. The average Bonchev–Trinajstić information content (AvgIpc) is 2.82. The second-order valence-electron chi connectivity index (χ2n) is 3.76. The predicted molar refractivity (Wildman–Crippen MR) is 77.1 cm³/mol. The largest absolute Gasteiger partial charge is 0.507 e. The van der Waals surface area contributed by atoms with Crippen molar-refractivity contribution in [1.29, 1.82) is 0 Å². The first kappa shape index (κ1) is 14.8. The summed E-state index contributed by atoms with van der Waals surface area (Å²) in [7, 11) is 0. The zero-order valence-corrected chi connectivity index (χ0v) is 12.3. The van der Waals surface area contributed by atoms with Gasteiger partial charge in [-0.1, -0.05) is 23.2 Å². The maximum Gasteiger partial charge on any atom is 0.342 e. The van der Waals surface area contributed by atoms with Gasteiger partial charge >= 0.3 is 5.97 Å². The Morgan fingerprint density at radius 2 is 1.95 bits per heavy atom. The van der Waals surface area contributed by atoms with Gasteiger partial charge in [0.15, 0.2) is 6.61 Å². The molecule has 0 fully saturated rings. The van der Waals surface area contributed by atoms with Crippen LogP contribution < -0.4 is 0 Å². The molecule has 0 saturated heterocycles. The molecule has 20 heavy (non-hydrogen) atoms. The molecule has 0 bridgehead atoms. The van der Waals surface area contributed by atoms with Gasteiger partial charge in [-0.15, -0.1) is 11.3 Å².